The molecule has 1 amide bonds. The molecule has 0 saturated carbocycles. The van der Waals surface area contributed by atoms with E-state index in [4.69, 9.17) is 5.73 Å². The van der Waals surface area contributed by atoms with Gasteiger partial charge in [0, 0.05) is 12.6 Å². The molecule has 1 saturated heterocycles. The van der Waals surface area contributed by atoms with Crippen molar-refractivity contribution in [1.29, 1.82) is 0 Å². The average molecular weight is 215 g/mol. The van der Waals surface area contributed by atoms with Crippen LogP contribution < -0.4 is 5.73 Å². The van der Waals surface area contributed by atoms with E-state index in [0.29, 0.717) is 0 Å². The van der Waals surface area contributed by atoms with Gasteiger partial charge in [0.15, 0.2) is 0 Å². The summed E-state index contributed by atoms with van der Waals surface area (Å²) in [5.41, 5.74) is 8.10. The van der Waals surface area contributed by atoms with Gasteiger partial charge in [0.1, 0.15) is 0 Å². The molecule has 2 heterocycles. The molecule has 2 aliphatic heterocycles. The molecule has 3 heteroatoms. The third-order valence-electron chi connectivity index (χ3n) is 3.84. The highest BCUT2D eigenvalue weighted by atomic mass is 16.1. The Balaban J connectivity index is 2.04. The molecular formula is C13H15N2O. The van der Waals surface area contributed by atoms with Crippen molar-refractivity contribution in [2.45, 2.75) is 18.9 Å². The number of hydrogen-bond acceptors (Lipinski definition) is 2. The number of amides is 1. The maximum atomic E-state index is 11.5. The van der Waals surface area contributed by atoms with E-state index in [1.165, 1.54) is 11.1 Å². The fraction of sp³-hybridized carbons (Fsp3) is 0.462. The van der Waals surface area contributed by atoms with Crippen LogP contribution in [0.5, 0.6) is 0 Å². The second kappa shape index (κ2) is 3.59. The van der Waals surface area contributed by atoms with Crippen molar-refractivity contribution in [2.24, 2.45) is 11.7 Å². The zero-order valence-electron chi connectivity index (χ0n) is 9.15. The van der Waals surface area contributed by atoms with Crippen LogP contribution in [-0.4, -0.2) is 23.9 Å². The smallest absolute Gasteiger partial charge is 0.222 e. The van der Waals surface area contributed by atoms with Gasteiger partial charge in [-0.2, -0.15) is 0 Å². The van der Waals surface area contributed by atoms with E-state index in [2.05, 4.69) is 17.0 Å². The predicted octanol–water partition coefficient (Wildman–Crippen LogP) is 0.891. The lowest BCUT2D eigenvalue weighted by atomic mass is 9.87. The number of carbonyl (C=O) groups is 1. The Hall–Kier alpha value is -1.35. The lowest BCUT2D eigenvalue weighted by Crippen LogP contribution is -2.36. The fourth-order valence-electron chi connectivity index (χ4n) is 3.06. The lowest BCUT2D eigenvalue weighted by Gasteiger charge is -2.33. The average Bonchev–Trinajstić information content (AvgIpc) is 2.73. The van der Waals surface area contributed by atoms with Crippen LogP contribution in [0.1, 0.15) is 23.6 Å². The van der Waals surface area contributed by atoms with Crippen molar-refractivity contribution in [3.63, 3.8) is 0 Å². The van der Waals surface area contributed by atoms with Crippen LogP contribution in [-0.2, 0) is 11.2 Å². The number of carbonyl (C=O) groups excluding carboxylic acids is 1. The summed E-state index contributed by atoms with van der Waals surface area (Å²) < 4.78 is 0. The molecule has 16 heavy (non-hydrogen) atoms. The predicted molar refractivity (Wildman–Crippen MR) is 60.6 cm³/mol. The van der Waals surface area contributed by atoms with Gasteiger partial charge >= 0.3 is 0 Å². The van der Waals surface area contributed by atoms with E-state index >= 15 is 0 Å². The van der Waals surface area contributed by atoms with Crippen LogP contribution in [0.4, 0.5) is 0 Å². The minimum Gasteiger partial charge on any atom is -0.369 e. The van der Waals surface area contributed by atoms with Crippen LogP contribution in [0.25, 0.3) is 0 Å². The Labute approximate surface area is 95.2 Å². The second-order valence-corrected chi connectivity index (χ2v) is 4.65. The summed E-state index contributed by atoms with van der Waals surface area (Å²) in [6.07, 6.45) is 1.97. The van der Waals surface area contributed by atoms with Crippen LogP contribution in [0.15, 0.2) is 18.2 Å². The topological polar surface area (TPSA) is 46.3 Å². The molecule has 0 aliphatic carbocycles. The van der Waals surface area contributed by atoms with Gasteiger partial charge in [-0.3, -0.25) is 9.69 Å². The number of nitrogens with two attached hydrogens (primary N) is 1. The normalized spacial score (nSPS) is 28.5. The van der Waals surface area contributed by atoms with Gasteiger partial charge in [0.25, 0.3) is 0 Å². The van der Waals surface area contributed by atoms with Gasteiger partial charge < -0.3 is 5.73 Å². The van der Waals surface area contributed by atoms with Crippen molar-refractivity contribution in [2.75, 3.05) is 13.1 Å². The fourth-order valence-corrected chi connectivity index (χ4v) is 3.06. The number of primary amides is 1. The van der Waals surface area contributed by atoms with Crippen LogP contribution in [0, 0.1) is 12.0 Å². The first kappa shape index (κ1) is 9.85. The summed E-state index contributed by atoms with van der Waals surface area (Å²) in [6.45, 7) is 2.04. The molecule has 3 rings (SSSR count). The minimum atomic E-state index is -0.163. The van der Waals surface area contributed by atoms with Crippen molar-refractivity contribution in [3.8, 4) is 0 Å². The molecule has 1 aromatic carbocycles. The van der Waals surface area contributed by atoms with Crippen molar-refractivity contribution < 1.29 is 4.79 Å². The number of benzene rings is 1. The first-order valence-corrected chi connectivity index (χ1v) is 5.79. The molecule has 2 aliphatic rings. The Kier molecular flexibility index (Phi) is 2.21. The van der Waals surface area contributed by atoms with Gasteiger partial charge in [-0.25, -0.2) is 0 Å². The van der Waals surface area contributed by atoms with Gasteiger partial charge in [-0.05, 0) is 42.6 Å². The van der Waals surface area contributed by atoms with Crippen LogP contribution in [0.2, 0.25) is 0 Å². The Morgan fingerprint density at radius 3 is 3.19 bits per heavy atom. The molecule has 1 fully saturated rings. The first-order chi connectivity index (χ1) is 7.77. The SMILES string of the molecule is NC(=O)C1CCN2CCc3cc[c]cc3C12. The summed E-state index contributed by atoms with van der Waals surface area (Å²) in [5, 5.41) is 0. The summed E-state index contributed by atoms with van der Waals surface area (Å²) >= 11 is 0. The summed E-state index contributed by atoms with van der Waals surface area (Å²) in [6, 6.07) is 9.40. The van der Waals surface area contributed by atoms with Gasteiger partial charge in [0.05, 0.1) is 5.92 Å². The van der Waals surface area contributed by atoms with E-state index in [1.54, 1.807) is 0 Å². The molecule has 3 nitrogen and oxygen atoms in total. The Morgan fingerprint density at radius 2 is 2.38 bits per heavy atom. The third kappa shape index (κ3) is 1.35. The zero-order valence-corrected chi connectivity index (χ0v) is 9.15. The number of rotatable bonds is 1. The second-order valence-electron chi connectivity index (χ2n) is 4.65. The molecule has 0 spiro atoms. The van der Waals surface area contributed by atoms with E-state index in [9.17, 15) is 4.79 Å². The van der Waals surface area contributed by atoms with Gasteiger partial charge in [-0.1, -0.05) is 12.1 Å². The number of nitrogens with zero attached hydrogens (tertiary/aromatic N) is 1. The summed E-state index contributed by atoms with van der Waals surface area (Å²) in [4.78, 5) is 13.8. The molecule has 2 unspecified atom stereocenters. The van der Waals surface area contributed by atoms with E-state index in [0.717, 1.165) is 25.9 Å². The molecule has 2 N–H and O–H groups in total. The lowest BCUT2D eigenvalue weighted by molar-refractivity contribution is -0.122. The molecule has 0 bridgehead atoms. The highest BCUT2D eigenvalue weighted by molar-refractivity contribution is 5.78. The molecular weight excluding hydrogens is 200 g/mol. The summed E-state index contributed by atoms with van der Waals surface area (Å²) in [7, 11) is 0. The number of fused-ring (bicyclic) bond motifs is 3. The van der Waals surface area contributed by atoms with Gasteiger partial charge in [0.2, 0.25) is 5.91 Å². The van der Waals surface area contributed by atoms with Crippen LogP contribution in [0.3, 0.4) is 0 Å². The Bertz CT molecular complexity index is 430. The highest BCUT2D eigenvalue weighted by Gasteiger charge is 2.41. The monoisotopic (exact) mass is 215 g/mol. The third-order valence-corrected chi connectivity index (χ3v) is 3.84. The molecule has 1 radical (unpaired) electrons. The van der Waals surface area contributed by atoms with Crippen molar-refractivity contribution >= 4 is 5.91 Å². The molecule has 83 valence electrons. The van der Waals surface area contributed by atoms with Crippen molar-refractivity contribution in [1.82, 2.24) is 4.90 Å². The quantitative estimate of drug-likeness (QED) is 0.756. The number of hydrogen-bond donors (Lipinski definition) is 1. The van der Waals surface area contributed by atoms with E-state index < -0.39 is 0 Å². The van der Waals surface area contributed by atoms with Crippen LogP contribution >= 0.6 is 0 Å². The first-order valence-electron chi connectivity index (χ1n) is 5.79. The molecule has 2 atom stereocenters. The van der Waals surface area contributed by atoms with E-state index in [-0.39, 0.29) is 17.9 Å². The maximum absolute atomic E-state index is 11.5. The highest BCUT2D eigenvalue weighted by Crippen LogP contribution is 2.41. The standard InChI is InChI=1S/C13H15N2O/c14-13(16)11-6-8-15-7-5-9-3-1-2-4-10(9)12(11)15/h1,3-4,11-12H,5-8H2,(H2,14,16). The zero-order chi connectivity index (χ0) is 11.1. The van der Waals surface area contributed by atoms with Crippen molar-refractivity contribution in [3.05, 3.63) is 35.4 Å². The summed E-state index contributed by atoms with van der Waals surface area (Å²) in [5.74, 6) is -0.181. The largest absolute Gasteiger partial charge is 0.369 e. The van der Waals surface area contributed by atoms with E-state index in [1.807, 2.05) is 12.1 Å². The van der Waals surface area contributed by atoms with Gasteiger partial charge in [-0.15, -0.1) is 0 Å². The molecule has 1 aromatic rings. The maximum Gasteiger partial charge on any atom is 0.222 e. The minimum absolute atomic E-state index is 0.0187. The molecule has 0 aromatic heterocycles. The Morgan fingerprint density at radius 1 is 1.50 bits per heavy atom.